The third-order valence-corrected chi connectivity index (χ3v) is 4.17. The number of carbonyl (C=O) groups excluding carboxylic acids is 2. The van der Waals surface area contributed by atoms with Gasteiger partial charge in [-0.2, -0.15) is 0 Å². The number of amides is 2. The molecule has 0 saturated carbocycles. The fourth-order valence-corrected chi connectivity index (χ4v) is 3.07. The van der Waals surface area contributed by atoms with E-state index in [2.05, 4.69) is 10.3 Å². The molecule has 22 heavy (non-hydrogen) atoms. The molecule has 1 aromatic rings. The molecule has 2 amide bonds. The normalized spacial score (nSPS) is 18.3. The quantitative estimate of drug-likeness (QED) is 0.858. The van der Waals surface area contributed by atoms with Crippen LogP contribution in [0.1, 0.15) is 13.8 Å². The first-order chi connectivity index (χ1) is 10.5. The molecule has 0 spiro atoms. The van der Waals surface area contributed by atoms with Gasteiger partial charge in [-0.25, -0.2) is 0 Å². The molecular weight excluding hydrogens is 322 g/mol. The number of rotatable bonds is 4. The number of hydrogen-bond donors (Lipinski definition) is 1. The zero-order valence-corrected chi connectivity index (χ0v) is 13.9. The summed E-state index contributed by atoms with van der Waals surface area (Å²) < 4.78 is 0. The van der Waals surface area contributed by atoms with E-state index >= 15 is 0 Å². The summed E-state index contributed by atoms with van der Waals surface area (Å²) in [5, 5.41) is 3.93. The summed E-state index contributed by atoms with van der Waals surface area (Å²) in [6, 6.07) is 6.77. The number of halogens is 1. The van der Waals surface area contributed by atoms with Gasteiger partial charge in [-0.15, -0.1) is 0 Å². The van der Waals surface area contributed by atoms with Crippen LogP contribution in [0.25, 0.3) is 0 Å². The molecule has 1 aromatic carbocycles. The zero-order valence-electron chi connectivity index (χ0n) is 12.3. The van der Waals surface area contributed by atoms with Gasteiger partial charge in [0, 0.05) is 29.9 Å². The minimum absolute atomic E-state index is 0.189. The third kappa shape index (κ3) is 3.90. The molecule has 0 unspecified atom stereocenters. The Bertz CT molecular complexity index is 641. The number of anilines is 1. The largest absolute Gasteiger partial charge is 0.322 e. The Morgan fingerprint density at radius 1 is 1.36 bits per heavy atom. The van der Waals surface area contributed by atoms with Crippen molar-refractivity contribution in [3.8, 4) is 0 Å². The molecule has 0 bridgehead atoms. The number of aliphatic imine (C=N–C) groups is 1. The van der Waals surface area contributed by atoms with Crippen molar-refractivity contribution in [1.82, 2.24) is 4.90 Å². The Kier molecular flexibility index (Phi) is 5.63. The van der Waals surface area contributed by atoms with Gasteiger partial charge in [-0.3, -0.25) is 19.5 Å². The van der Waals surface area contributed by atoms with Crippen molar-refractivity contribution in [2.75, 3.05) is 18.4 Å². The van der Waals surface area contributed by atoms with Crippen LogP contribution in [0.5, 0.6) is 0 Å². The second kappa shape index (κ2) is 7.47. The van der Waals surface area contributed by atoms with Crippen LogP contribution >= 0.6 is 23.4 Å². The van der Waals surface area contributed by atoms with E-state index in [4.69, 9.17) is 11.6 Å². The highest BCUT2D eigenvalue weighted by molar-refractivity contribution is 8.18. The highest BCUT2D eigenvalue weighted by atomic mass is 35.5. The van der Waals surface area contributed by atoms with E-state index in [0.29, 0.717) is 33.9 Å². The summed E-state index contributed by atoms with van der Waals surface area (Å²) in [6.07, 6.45) is 1.31. The molecule has 1 aliphatic rings. The van der Waals surface area contributed by atoms with Crippen molar-refractivity contribution >= 4 is 46.0 Å². The Morgan fingerprint density at radius 2 is 2.05 bits per heavy atom. The fraction of sp³-hybridized carbons (Fsp3) is 0.267. The van der Waals surface area contributed by atoms with E-state index in [1.807, 2.05) is 13.8 Å². The van der Waals surface area contributed by atoms with Crippen molar-refractivity contribution in [2.45, 2.75) is 13.8 Å². The lowest BCUT2D eigenvalue weighted by molar-refractivity contribution is -0.122. The van der Waals surface area contributed by atoms with Gasteiger partial charge < -0.3 is 5.32 Å². The molecule has 0 atom stereocenters. The fourth-order valence-electron chi connectivity index (χ4n) is 1.87. The average molecular weight is 338 g/mol. The smallest absolute Gasteiger partial charge is 0.266 e. The molecule has 116 valence electrons. The standard InChI is InChI=1S/C15H16ClN3O2S/c1-3-17-15-19(4-2)14(21)12(22-15)9-13(20)18-11-7-5-10(16)6-8-11/h5-9H,3-4H2,1-2H3,(H,18,20)/b12-9-,17-15?. The predicted octanol–water partition coefficient (Wildman–Crippen LogP) is 3.13. The van der Waals surface area contributed by atoms with Gasteiger partial charge >= 0.3 is 0 Å². The second-order valence-corrected chi connectivity index (χ2v) is 5.86. The number of amidine groups is 1. The van der Waals surface area contributed by atoms with E-state index in [0.717, 1.165) is 0 Å². The number of thioether (sulfide) groups is 1. The van der Waals surface area contributed by atoms with E-state index in [-0.39, 0.29) is 11.8 Å². The van der Waals surface area contributed by atoms with Crippen molar-refractivity contribution in [1.29, 1.82) is 0 Å². The Hall–Kier alpha value is -1.79. The van der Waals surface area contributed by atoms with Gasteiger partial charge in [-0.05, 0) is 49.9 Å². The summed E-state index contributed by atoms with van der Waals surface area (Å²) in [4.78, 5) is 30.4. The van der Waals surface area contributed by atoms with Gasteiger partial charge in [0.25, 0.3) is 5.91 Å². The van der Waals surface area contributed by atoms with Crippen molar-refractivity contribution in [2.24, 2.45) is 4.99 Å². The summed E-state index contributed by atoms with van der Waals surface area (Å²) in [7, 11) is 0. The van der Waals surface area contributed by atoms with Gasteiger partial charge in [0.1, 0.15) is 0 Å². The molecule has 1 saturated heterocycles. The molecule has 1 aliphatic heterocycles. The van der Waals surface area contributed by atoms with Crippen LogP contribution < -0.4 is 5.32 Å². The Morgan fingerprint density at radius 3 is 2.64 bits per heavy atom. The van der Waals surface area contributed by atoms with E-state index in [1.54, 1.807) is 29.2 Å². The molecule has 1 heterocycles. The topological polar surface area (TPSA) is 61.8 Å². The van der Waals surface area contributed by atoms with E-state index in [9.17, 15) is 9.59 Å². The number of benzene rings is 1. The van der Waals surface area contributed by atoms with Crippen LogP contribution in [0.3, 0.4) is 0 Å². The van der Waals surface area contributed by atoms with Crippen LogP contribution in [0.2, 0.25) is 5.02 Å². The molecule has 0 radical (unpaired) electrons. The van der Waals surface area contributed by atoms with Gasteiger partial charge in [-0.1, -0.05) is 11.6 Å². The number of hydrogen-bond acceptors (Lipinski definition) is 4. The maximum Gasteiger partial charge on any atom is 0.266 e. The third-order valence-electron chi connectivity index (χ3n) is 2.87. The highest BCUT2D eigenvalue weighted by Crippen LogP contribution is 2.30. The molecule has 7 heteroatoms. The van der Waals surface area contributed by atoms with Gasteiger partial charge in [0.2, 0.25) is 5.91 Å². The summed E-state index contributed by atoms with van der Waals surface area (Å²) in [5.74, 6) is -0.544. The number of nitrogens with zero attached hydrogens (tertiary/aromatic N) is 2. The van der Waals surface area contributed by atoms with Crippen LogP contribution in [0.15, 0.2) is 40.2 Å². The predicted molar refractivity (Wildman–Crippen MR) is 91.1 cm³/mol. The van der Waals surface area contributed by atoms with Crippen molar-refractivity contribution in [3.63, 3.8) is 0 Å². The average Bonchev–Trinajstić information content (AvgIpc) is 2.77. The maximum atomic E-state index is 12.2. The Balaban J connectivity index is 2.11. The first kappa shape index (κ1) is 16.6. The monoisotopic (exact) mass is 337 g/mol. The maximum absolute atomic E-state index is 12.2. The van der Waals surface area contributed by atoms with Gasteiger partial charge in [0.05, 0.1) is 4.91 Å². The molecule has 0 aliphatic carbocycles. The lowest BCUT2D eigenvalue weighted by atomic mass is 10.3. The molecular formula is C15H16ClN3O2S. The first-order valence-electron chi connectivity index (χ1n) is 6.87. The summed E-state index contributed by atoms with van der Waals surface area (Å²) >= 11 is 7.01. The SMILES string of the molecule is CCN=C1S/C(=C\C(=O)Nc2ccc(Cl)cc2)C(=O)N1CC. The lowest BCUT2D eigenvalue weighted by Crippen LogP contribution is -2.29. The second-order valence-electron chi connectivity index (χ2n) is 4.41. The van der Waals surface area contributed by atoms with E-state index < -0.39 is 0 Å². The Labute approximate surface area is 138 Å². The van der Waals surface area contributed by atoms with E-state index in [1.165, 1.54) is 17.8 Å². The van der Waals surface area contributed by atoms with Crippen LogP contribution in [-0.4, -0.2) is 35.0 Å². The number of nitrogens with one attached hydrogen (secondary N) is 1. The van der Waals surface area contributed by atoms with Crippen molar-refractivity contribution in [3.05, 3.63) is 40.3 Å². The molecule has 0 aromatic heterocycles. The first-order valence-corrected chi connectivity index (χ1v) is 8.07. The lowest BCUT2D eigenvalue weighted by Gasteiger charge is -2.11. The molecule has 5 nitrogen and oxygen atoms in total. The molecule has 2 rings (SSSR count). The summed E-state index contributed by atoms with van der Waals surface area (Å²) in [5.41, 5.74) is 0.622. The number of carbonyl (C=O) groups is 2. The van der Waals surface area contributed by atoms with Crippen LogP contribution in [0, 0.1) is 0 Å². The zero-order chi connectivity index (χ0) is 16.1. The van der Waals surface area contributed by atoms with Crippen LogP contribution in [-0.2, 0) is 9.59 Å². The number of likely N-dealkylation sites (N-methyl/N-ethyl adjacent to an activating group) is 1. The highest BCUT2D eigenvalue weighted by Gasteiger charge is 2.32. The van der Waals surface area contributed by atoms with Crippen molar-refractivity contribution < 1.29 is 9.59 Å². The molecule has 1 N–H and O–H groups in total. The molecule has 1 fully saturated rings. The van der Waals surface area contributed by atoms with Crippen LogP contribution in [0.4, 0.5) is 5.69 Å². The summed E-state index contributed by atoms with van der Waals surface area (Å²) in [6.45, 7) is 4.90. The minimum Gasteiger partial charge on any atom is -0.322 e. The van der Waals surface area contributed by atoms with Gasteiger partial charge in [0.15, 0.2) is 5.17 Å². The minimum atomic E-state index is -0.355.